The van der Waals surface area contributed by atoms with Crippen LogP contribution in [0.1, 0.15) is 56.6 Å². The molecule has 0 spiro atoms. The fourth-order valence-electron chi connectivity index (χ4n) is 5.08. The maximum Gasteiger partial charge on any atom is 0.216 e. The van der Waals surface area contributed by atoms with E-state index in [9.17, 15) is 8.42 Å². The molecule has 0 aromatic heterocycles. The molecule has 1 saturated carbocycles. The van der Waals surface area contributed by atoms with E-state index in [0.717, 1.165) is 32.1 Å². The van der Waals surface area contributed by atoms with Crippen molar-refractivity contribution in [3.05, 3.63) is 35.4 Å². The zero-order chi connectivity index (χ0) is 20.4. The Balaban J connectivity index is 1.19. The van der Waals surface area contributed by atoms with Gasteiger partial charge < -0.3 is 4.90 Å². The highest BCUT2D eigenvalue weighted by Gasteiger charge is 2.34. The minimum atomic E-state index is -3.10. The molecule has 2 heterocycles. The highest BCUT2D eigenvalue weighted by Crippen LogP contribution is 2.42. The Bertz CT molecular complexity index is 758. The molecule has 0 bridgehead atoms. The fraction of sp³-hybridized carbons (Fsp3) is 0.739. The van der Waals surface area contributed by atoms with Gasteiger partial charge in [-0.1, -0.05) is 24.3 Å². The van der Waals surface area contributed by atoms with Crippen LogP contribution in [0.2, 0.25) is 0 Å². The normalized spacial score (nSPS) is 27.4. The zero-order valence-electron chi connectivity index (χ0n) is 18.1. The van der Waals surface area contributed by atoms with Gasteiger partial charge in [0, 0.05) is 39.3 Å². The van der Waals surface area contributed by atoms with Gasteiger partial charge in [0.1, 0.15) is 0 Å². The van der Waals surface area contributed by atoms with Gasteiger partial charge in [0.05, 0.1) is 5.25 Å². The number of hydrogen-bond acceptors (Lipinski definition) is 4. The molecule has 1 aromatic carbocycles. The van der Waals surface area contributed by atoms with Gasteiger partial charge in [-0.15, -0.1) is 0 Å². The summed E-state index contributed by atoms with van der Waals surface area (Å²) in [5.41, 5.74) is 2.94. The van der Waals surface area contributed by atoms with E-state index in [1.165, 1.54) is 49.9 Å². The third-order valence-corrected chi connectivity index (χ3v) is 9.37. The molecule has 5 nitrogen and oxygen atoms in total. The SMILES string of the molecule is CC(C)S(=O)(=O)N1CCN(CC2CC(c3ccc(CN4CCCC4)cc3)C2)CC1. The Morgan fingerprint density at radius 2 is 1.52 bits per heavy atom. The fourth-order valence-corrected chi connectivity index (χ4v) is 6.35. The van der Waals surface area contributed by atoms with Gasteiger partial charge in [-0.25, -0.2) is 8.42 Å². The average molecular weight is 420 g/mol. The second kappa shape index (κ2) is 9.04. The van der Waals surface area contributed by atoms with Gasteiger partial charge in [-0.2, -0.15) is 4.31 Å². The van der Waals surface area contributed by atoms with Crippen molar-refractivity contribution in [3.8, 4) is 0 Å². The zero-order valence-corrected chi connectivity index (χ0v) is 18.9. The van der Waals surface area contributed by atoms with Crippen molar-refractivity contribution < 1.29 is 8.42 Å². The summed E-state index contributed by atoms with van der Waals surface area (Å²) >= 11 is 0. The molecule has 29 heavy (non-hydrogen) atoms. The molecule has 3 aliphatic rings. The van der Waals surface area contributed by atoms with Gasteiger partial charge in [0.15, 0.2) is 0 Å². The summed E-state index contributed by atoms with van der Waals surface area (Å²) in [6.07, 6.45) is 5.25. The van der Waals surface area contributed by atoms with Crippen LogP contribution in [0.5, 0.6) is 0 Å². The average Bonchev–Trinajstić information content (AvgIpc) is 3.18. The molecule has 1 aromatic rings. The summed E-state index contributed by atoms with van der Waals surface area (Å²) in [5, 5.41) is -0.316. The first-order chi connectivity index (χ1) is 13.9. The van der Waals surface area contributed by atoms with Gasteiger partial charge in [0.25, 0.3) is 0 Å². The molecule has 6 heteroatoms. The van der Waals surface area contributed by atoms with Crippen LogP contribution in [-0.2, 0) is 16.6 Å². The van der Waals surface area contributed by atoms with E-state index in [1.54, 1.807) is 18.2 Å². The number of nitrogens with zero attached hydrogens (tertiary/aromatic N) is 3. The second-order valence-corrected chi connectivity index (χ2v) is 12.0. The minimum Gasteiger partial charge on any atom is -0.300 e. The Labute approximate surface area is 177 Å². The van der Waals surface area contributed by atoms with Gasteiger partial charge in [-0.3, -0.25) is 4.90 Å². The molecular formula is C23H37N3O2S. The quantitative estimate of drug-likeness (QED) is 0.681. The van der Waals surface area contributed by atoms with Crippen LogP contribution in [-0.4, -0.2) is 73.6 Å². The third-order valence-electron chi connectivity index (χ3n) is 7.09. The van der Waals surface area contributed by atoms with E-state index in [1.807, 2.05) is 0 Å². The molecule has 0 amide bonds. The number of piperazine rings is 1. The van der Waals surface area contributed by atoms with Gasteiger partial charge in [-0.05, 0) is 75.6 Å². The highest BCUT2D eigenvalue weighted by molar-refractivity contribution is 7.89. The molecule has 0 unspecified atom stereocenters. The van der Waals surface area contributed by atoms with E-state index in [-0.39, 0.29) is 5.25 Å². The lowest BCUT2D eigenvalue weighted by Gasteiger charge is -2.41. The van der Waals surface area contributed by atoms with Crippen molar-refractivity contribution in [2.75, 3.05) is 45.8 Å². The number of rotatable bonds is 7. The molecule has 162 valence electrons. The van der Waals surface area contributed by atoms with Crippen molar-refractivity contribution in [3.63, 3.8) is 0 Å². The molecule has 2 saturated heterocycles. The van der Waals surface area contributed by atoms with Crippen molar-refractivity contribution >= 4 is 10.0 Å². The molecule has 1 aliphatic carbocycles. The number of hydrogen-bond donors (Lipinski definition) is 0. The lowest BCUT2D eigenvalue weighted by atomic mass is 9.71. The second-order valence-electron chi connectivity index (χ2n) is 9.55. The van der Waals surface area contributed by atoms with Crippen molar-refractivity contribution in [1.82, 2.24) is 14.1 Å². The van der Waals surface area contributed by atoms with Gasteiger partial charge >= 0.3 is 0 Å². The molecule has 4 rings (SSSR count). The lowest BCUT2D eigenvalue weighted by molar-refractivity contribution is 0.124. The van der Waals surface area contributed by atoms with Crippen LogP contribution < -0.4 is 0 Å². The topological polar surface area (TPSA) is 43.9 Å². The first kappa shape index (κ1) is 21.3. The minimum absolute atomic E-state index is 0.316. The molecule has 0 atom stereocenters. The Morgan fingerprint density at radius 1 is 0.897 bits per heavy atom. The molecule has 0 radical (unpaired) electrons. The first-order valence-electron chi connectivity index (χ1n) is 11.4. The van der Waals surface area contributed by atoms with Crippen LogP contribution in [0.3, 0.4) is 0 Å². The predicted octanol–water partition coefficient (Wildman–Crippen LogP) is 3.13. The van der Waals surface area contributed by atoms with E-state index in [2.05, 4.69) is 34.1 Å². The van der Waals surface area contributed by atoms with E-state index in [4.69, 9.17) is 0 Å². The summed E-state index contributed by atoms with van der Waals surface area (Å²) in [5.74, 6) is 1.47. The van der Waals surface area contributed by atoms with Crippen LogP contribution in [0.25, 0.3) is 0 Å². The van der Waals surface area contributed by atoms with Crippen molar-refractivity contribution in [1.29, 1.82) is 0 Å². The highest BCUT2D eigenvalue weighted by atomic mass is 32.2. The third kappa shape index (κ3) is 5.04. The molecule has 2 aliphatic heterocycles. The number of sulfonamides is 1. The van der Waals surface area contributed by atoms with E-state index in [0.29, 0.717) is 19.0 Å². The number of likely N-dealkylation sites (tertiary alicyclic amines) is 1. The maximum absolute atomic E-state index is 12.3. The maximum atomic E-state index is 12.3. The Kier molecular flexibility index (Phi) is 6.64. The summed E-state index contributed by atoms with van der Waals surface area (Å²) in [4.78, 5) is 5.02. The standard InChI is InChI=1S/C23H37N3O2S/c1-19(2)29(27,28)26-13-11-25(12-14-26)18-21-15-23(16-21)22-7-5-20(6-8-22)17-24-9-3-4-10-24/h5-8,19,21,23H,3-4,9-18H2,1-2H3. The lowest BCUT2D eigenvalue weighted by Crippen LogP contribution is -2.51. The van der Waals surface area contributed by atoms with Crippen molar-refractivity contribution in [2.45, 2.75) is 57.2 Å². The first-order valence-corrected chi connectivity index (χ1v) is 12.9. The summed E-state index contributed by atoms with van der Waals surface area (Å²) in [7, 11) is -3.10. The van der Waals surface area contributed by atoms with Crippen LogP contribution in [0, 0.1) is 5.92 Å². The molecule has 0 N–H and O–H groups in total. The van der Waals surface area contributed by atoms with Crippen LogP contribution >= 0.6 is 0 Å². The number of benzene rings is 1. The summed E-state index contributed by atoms with van der Waals surface area (Å²) in [6, 6.07) is 9.36. The van der Waals surface area contributed by atoms with E-state index < -0.39 is 10.0 Å². The van der Waals surface area contributed by atoms with Gasteiger partial charge in [0.2, 0.25) is 10.0 Å². The van der Waals surface area contributed by atoms with Crippen LogP contribution in [0.15, 0.2) is 24.3 Å². The molecule has 3 fully saturated rings. The van der Waals surface area contributed by atoms with E-state index >= 15 is 0 Å². The monoisotopic (exact) mass is 419 g/mol. The Hall–Kier alpha value is -0.950. The predicted molar refractivity (Wildman–Crippen MR) is 118 cm³/mol. The summed E-state index contributed by atoms with van der Waals surface area (Å²) in [6.45, 7) is 11.3. The van der Waals surface area contributed by atoms with Crippen LogP contribution in [0.4, 0.5) is 0 Å². The summed E-state index contributed by atoms with van der Waals surface area (Å²) < 4.78 is 26.3. The largest absolute Gasteiger partial charge is 0.300 e. The Morgan fingerprint density at radius 3 is 2.10 bits per heavy atom. The molecular weight excluding hydrogens is 382 g/mol. The van der Waals surface area contributed by atoms with Crippen molar-refractivity contribution in [2.24, 2.45) is 5.92 Å². The smallest absolute Gasteiger partial charge is 0.216 e.